The summed E-state index contributed by atoms with van der Waals surface area (Å²) >= 11 is 3.07. The van der Waals surface area contributed by atoms with Crippen LogP contribution in [0.3, 0.4) is 0 Å². The van der Waals surface area contributed by atoms with Crippen molar-refractivity contribution in [3.63, 3.8) is 0 Å². The average Bonchev–Trinajstić information content (AvgIpc) is 2.54. The number of nitrogens with zero attached hydrogens (tertiary/aromatic N) is 1. The highest BCUT2D eigenvalue weighted by atomic mass is 79.9. The number of esters is 1. The van der Waals surface area contributed by atoms with Crippen molar-refractivity contribution in [1.82, 2.24) is 0 Å². The summed E-state index contributed by atoms with van der Waals surface area (Å²) in [5.74, 6) is -0.940. The van der Waals surface area contributed by atoms with E-state index < -0.39 is 16.8 Å². The SMILES string of the molecule is CC(C)OC(=O)c1ccc(NC(=O)c2ccc(Br)c([N+](=O)[O-])c2)cc1. The van der Waals surface area contributed by atoms with Crippen LogP contribution in [0.25, 0.3) is 0 Å². The molecule has 1 N–H and O–H groups in total. The summed E-state index contributed by atoms with van der Waals surface area (Å²) in [5, 5.41) is 13.6. The van der Waals surface area contributed by atoms with Gasteiger partial charge in [-0.3, -0.25) is 14.9 Å². The van der Waals surface area contributed by atoms with Crippen LogP contribution in [0.4, 0.5) is 11.4 Å². The molecule has 0 saturated carbocycles. The van der Waals surface area contributed by atoms with Crippen LogP contribution in [0.2, 0.25) is 0 Å². The Morgan fingerprint density at radius 1 is 1.12 bits per heavy atom. The third-order valence-electron chi connectivity index (χ3n) is 3.13. The minimum Gasteiger partial charge on any atom is -0.459 e. The van der Waals surface area contributed by atoms with E-state index in [4.69, 9.17) is 4.74 Å². The lowest BCUT2D eigenvalue weighted by Gasteiger charge is -2.09. The Bertz CT molecular complexity index is 818. The van der Waals surface area contributed by atoms with Crippen LogP contribution >= 0.6 is 15.9 Å². The van der Waals surface area contributed by atoms with E-state index in [-0.39, 0.29) is 17.4 Å². The number of anilines is 1. The molecule has 0 unspecified atom stereocenters. The third kappa shape index (κ3) is 4.87. The monoisotopic (exact) mass is 406 g/mol. The molecule has 0 radical (unpaired) electrons. The highest BCUT2D eigenvalue weighted by Gasteiger charge is 2.16. The van der Waals surface area contributed by atoms with E-state index >= 15 is 0 Å². The van der Waals surface area contributed by atoms with Gasteiger partial charge in [-0.25, -0.2) is 4.79 Å². The van der Waals surface area contributed by atoms with E-state index in [0.29, 0.717) is 15.7 Å². The fraction of sp³-hybridized carbons (Fsp3) is 0.176. The molecule has 2 aromatic rings. The molecular weight excluding hydrogens is 392 g/mol. The smallest absolute Gasteiger partial charge is 0.338 e. The standard InChI is InChI=1S/C17H15BrN2O5/c1-10(2)25-17(22)11-3-6-13(7-4-11)19-16(21)12-5-8-14(18)15(9-12)20(23)24/h3-10H,1-2H3,(H,19,21). The summed E-state index contributed by atoms with van der Waals surface area (Å²) in [4.78, 5) is 34.3. The molecule has 0 aromatic heterocycles. The summed E-state index contributed by atoms with van der Waals surface area (Å²) in [6, 6.07) is 10.3. The zero-order chi connectivity index (χ0) is 18.6. The molecule has 0 spiro atoms. The first-order valence-corrected chi connectivity index (χ1v) is 8.13. The minimum atomic E-state index is -0.573. The molecule has 0 fully saturated rings. The van der Waals surface area contributed by atoms with Gasteiger partial charge in [-0.2, -0.15) is 0 Å². The van der Waals surface area contributed by atoms with Crippen LogP contribution in [0, 0.1) is 10.1 Å². The fourth-order valence-electron chi connectivity index (χ4n) is 1.97. The topological polar surface area (TPSA) is 98.5 Å². The van der Waals surface area contributed by atoms with Crippen molar-refractivity contribution in [2.75, 3.05) is 5.32 Å². The number of nitrogens with one attached hydrogen (secondary N) is 1. The maximum Gasteiger partial charge on any atom is 0.338 e. The molecular formula is C17H15BrN2O5. The summed E-state index contributed by atoms with van der Waals surface area (Å²) in [6.45, 7) is 3.51. The van der Waals surface area contributed by atoms with Gasteiger partial charge in [-0.05, 0) is 66.2 Å². The maximum atomic E-state index is 12.2. The number of carbonyl (C=O) groups excluding carboxylic acids is 2. The first kappa shape index (κ1) is 18.6. The minimum absolute atomic E-state index is 0.151. The number of nitro benzene ring substituents is 1. The van der Waals surface area contributed by atoms with E-state index in [1.807, 2.05) is 0 Å². The molecule has 0 aliphatic carbocycles. The Labute approximate surface area is 152 Å². The van der Waals surface area contributed by atoms with Crippen LogP contribution in [0.15, 0.2) is 46.9 Å². The zero-order valence-corrected chi connectivity index (χ0v) is 15.1. The first-order valence-electron chi connectivity index (χ1n) is 7.34. The summed E-state index contributed by atoms with van der Waals surface area (Å²) in [6.07, 6.45) is -0.222. The van der Waals surface area contributed by atoms with Gasteiger partial charge < -0.3 is 10.1 Å². The number of halogens is 1. The predicted octanol–water partition coefficient (Wildman–Crippen LogP) is 4.17. The Balaban J connectivity index is 2.12. The average molecular weight is 407 g/mol. The van der Waals surface area contributed by atoms with Gasteiger partial charge in [0.15, 0.2) is 0 Å². The van der Waals surface area contributed by atoms with Crippen LogP contribution in [0.5, 0.6) is 0 Å². The Hall–Kier alpha value is -2.74. The van der Waals surface area contributed by atoms with Crippen LogP contribution < -0.4 is 5.32 Å². The lowest BCUT2D eigenvalue weighted by atomic mass is 10.1. The maximum absolute atomic E-state index is 12.2. The largest absolute Gasteiger partial charge is 0.459 e. The van der Waals surface area contributed by atoms with Crippen molar-refractivity contribution in [2.24, 2.45) is 0 Å². The van der Waals surface area contributed by atoms with E-state index in [1.165, 1.54) is 30.3 Å². The molecule has 0 heterocycles. The number of hydrogen-bond acceptors (Lipinski definition) is 5. The van der Waals surface area contributed by atoms with Gasteiger partial charge in [0.05, 0.1) is 21.1 Å². The van der Waals surface area contributed by atoms with Gasteiger partial charge in [-0.15, -0.1) is 0 Å². The van der Waals surface area contributed by atoms with Crippen molar-refractivity contribution in [3.05, 3.63) is 68.2 Å². The molecule has 25 heavy (non-hydrogen) atoms. The highest BCUT2D eigenvalue weighted by molar-refractivity contribution is 9.10. The normalized spacial score (nSPS) is 10.4. The lowest BCUT2D eigenvalue weighted by Crippen LogP contribution is -2.13. The number of hydrogen-bond donors (Lipinski definition) is 1. The van der Waals surface area contributed by atoms with E-state index in [0.717, 1.165) is 0 Å². The number of benzene rings is 2. The van der Waals surface area contributed by atoms with Crippen molar-refractivity contribution in [1.29, 1.82) is 0 Å². The van der Waals surface area contributed by atoms with E-state index in [1.54, 1.807) is 26.0 Å². The molecule has 0 aliphatic rings. The number of nitro groups is 1. The predicted molar refractivity (Wildman–Crippen MR) is 95.7 cm³/mol. The quantitative estimate of drug-likeness (QED) is 0.456. The molecule has 1 amide bonds. The van der Waals surface area contributed by atoms with Crippen molar-refractivity contribution >= 4 is 39.2 Å². The third-order valence-corrected chi connectivity index (χ3v) is 3.80. The van der Waals surface area contributed by atoms with Crippen LogP contribution in [-0.4, -0.2) is 22.9 Å². The van der Waals surface area contributed by atoms with Crippen molar-refractivity contribution < 1.29 is 19.2 Å². The van der Waals surface area contributed by atoms with Crippen molar-refractivity contribution in [2.45, 2.75) is 20.0 Å². The molecule has 0 atom stereocenters. The van der Waals surface area contributed by atoms with Crippen LogP contribution in [-0.2, 0) is 4.74 Å². The first-order chi connectivity index (χ1) is 11.8. The van der Waals surface area contributed by atoms with E-state index in [9.17, 15) is 19.7 Å². The van der Waals surface area contributed by atoms with E-state index in [2.05, 4.69) is 21.2 Å². The van der Waals surface area contributed by atoms with Gasteiger partial charge in [-0.1, -0.05) is 0 Å². The molecule has 0 aliphatic heterocycles. The van der Waals surface area contributed by atoms with Gasteiger partial charge in [0.25, 0.3) is 11.6 Å². The number of ether oxygens (including phenoxy) is 1. The van der Waals surface area contributed by atoms with Gasteiger partial charge in [0, 0.05) is 17.3 Å². The lowest BCUT2D eigenvalue weighted by molar-refractivity contribution is -0.385. The molecule has 0 bridgehead atoms. The molecule has 130 valence electrons. The molecule has 7 nitrogen and oxygen atoms in total. The summed E-state index contributed by atoms with van der Waals surface area (Å²) in [7, 11) is 0. The second kappa shape index (κ2) is 7.89. The Morgan fingerprint density at radius 3 is 2.28 bits per heavy atom. The molecule has 2 rings (SSSR count). The number of rotatable bonds is 5. The number of carbonyl (C=O) groups is 2. The Kier molecular flexibility index (Phi) is 5.87. The second-order valence-corrected chi connectivity index (χ2v) is 6.26. The summed E-state index contributed by atoms with van der Waals surface area (Å²) < 4.78 is 5.37. The molecule has 2 aromatic carbocycles. The van der Waals surface area contributed by atoms with Crippen LogP contribution in [0.1, 0.15) is 34.6 Å². The zero-order valence-electron chi connectivity index (χ0n) is 13.5. The number of amides is 1. The highest BCUT2D eigenvalue weighted by Crippen LogP contribution is 2.26. The molecule has 8 heteroatoms. The summed E-state index contributed by atoms with van der Waals surface area (Å²) in [5.41, 5.74) is 0.778. The molecule has 0 saturated heterocycles. The second-order valence-electron chi connectivity index (χ2n) is 5.41. The Morgan fingerprint density at radius 2 is 1.72 bits per heavy atom. The van der Waals surface area contributed by atoms with Gasteiger partial charge in [0.2, 0.25) is 0 Å². The van der Waals surface area contributed by atoms with Gasteiger partial charge >= 0.3 is 5.97 Å². The van der Waals surface area contributed by atoms with Crippen molar-refractivity contribution in [3.8, 4) is 0 Å². The fourth-order valence-corrected chi connectivity index (χ4v) is 2.36. The van der Waals surface area contributed by atoms with Gasteiger partial charge in [0.1, 0.15) is 0 Å².